The first kappa shape index (κ1) is 11.3. The van der Waals surface area contributed by atoms with Crippen molar-refractivity contribution in [3.05, 3.63) is 0 Å². The van der Waals surface area contributed by atoms with E-state index in [1.165, 1.54) is 25.7 Å². The Morgan fingerprint density at radius 2 is 1.62 bits per heavy atom. The minimum absolute atomic E-state index is 0.689. The molecule has 4 saturated carbocycles. The molecule has 0 heterocycles. The maximum Gasteiger partial charge on any atom is 0.0348 e. The molecule has 0 aliphatic heterocycles. The van der Waals surface area contributed by atoms with E-state index in [0.717, 1.165) is 42.0 Å². The van der Waals surface area contributed by atoms with Gasteiger partial charge in [0.2, 0.25) is 0 Å². The molecule has 92 valence electrons. The Balaban J connectivity index is 1.67. The SMILES string of the molecule is CC(NCCCl)C1C2CC3CC(C2)CC1C3. The van der Waals surface area contributed by atoms with Crippen molar-refractivity contribution in [2.45, 2.75) is 45.1 Å². The van der Waals surface area contributed by atoms with Crippen molar-refractivity contribution in [2.75, 3.05) is 12.4 Å². The van der Waals surface area contributed by atoms with Crippen molar-refractivity contribution in [1.29, 1.82) is 0 Å². The molecule has 1 nitrogen and oxygen atoms in total. The van der Waals surface area contributed by atoms with Gasteiger partial charge in [0.15, 0.2) is 0 Å². The van der Waals surface area contributed by atoms with Gasteiger partial charge in [-0.2, -0.15) is 0 Å². The highest BCUT2D eigenvalue weighted by atomic mass is 35.5. The summed E-state index contributed by atoms with van der Waals surface area (Å²) in [6.07, 6.45) is 7.69. The molecule has 2 heteroatoms. The number of rotatable bonds is 4. The number of alkyl halides is 1. The molecule has 0 spiro atoms. The third-order valence-electron chi connectivity index (χ3n) is 5.44. The molecular formula is C14H24ClN. The molecule has 0 saturated heterocycles. The summed E-state index contributed by atoms with van der Waals surface area (Å²) in [6, 6.07) is 0.689. The van der Waals surface area contributed by atoms with Crippen molar-refractivity contribution < 1.29 is 0 Å². The Morgan fingerprint density at radius 3 is 2.12 bits per heavy atom. The van der Waals surface area contributed by atoms with E-state index in [-0.39, 0.29) is 0 Å². The molecule has 1 N–H and O–H groups in total. The zero-order chi connectivity index (χ0) is 11.1. The van der Waals surface area contributed by atoms with E-state index in [9.17, 15) is 0 Å². The Kier molecular flexibility index (Phi) is 3.19. The van der Waals surface area contributed by atoms with Crippen LogP contribution in [0.25, 0.3) is 0 Å². The van der Waals surface area contributed by atoms with Crippen LogP contribution in [0.15, 0.2) is 0 Å². The molecule has 4 aliphatic carbocycles. The Labute approximate surface area is 104 Å². The third-order valence-corrected chi connectivity index (χ3v) is 5.63. The second-order valence-electron chi connectivity index (χ2n) is 6.44. The minimum Gasteiger partial charge on any atom is -0.313 e. The highest BCUT2D eigenvalue weighted by Gasteiger charge is 2.49. The van der Waals surface area contributed by atoms with Crippen LogP contribution in [0.2, 0.25) is 0 Å². The topological polar surface area (TPSA) is 12.0 Å². The van der Waals surface area contributed by atoms with Crippen LogP contribution in [0, 0.1) is 29.6 Å². The monoisotopic (exact) mass is 241 g/mol. The van der Waals surface area contributed by atoms with Crippen LogP contribution in [0.3, 0.4) is 0 Å². The predicted molar refractivity (Wildman–Crippen MR) is 68.7 cm³/mol. The standard InChI is InChI=1S/C14H24ClN/c1-9(16-3-2-15)14-12-5-10-4-11(7-12)8-13(14)6-10/h9-14,16H,2-8H2,1H3. The van der Waals surface area contributed by atoms with Gasteiger partial charge in [0.1, 0.15) is 0 Å². The van der Waals surface area contributed by atoms with Gasteiger partial charge < -0.3 is 5.32 Å². The van der Waals surface area contributed by atoms with Gasteiger partial charge in [-0.15, -0.1) is 11.6 Å². The van der Waals surface area contributed by atoms with Crippen LogP contribution in [-0.4, -0.2) is 18.5 Å². The number of hydrogen-bond acceptors (Lipinski definition) is 1. The number of hydrogen-bond donors (Lipinski definition) is 1. The number of halogens is 1. The lowest BCUT2D eigenvalue weighted by Crippen LogP contribution is -2.52. The highest BCUT2D eigenvalue weighted by Crippen LogP contribution is 2.57. The molecule has 4 fully saturated rings. The summed E-state index contributed by atoms with van der Waals surface area (Å²) in [5.41, 5.74) is 0. The number of nitrogens with one attached hydrogen (secondary N) is 1. The first-order valence-corrected chi connectivity index (χ1v) is 7.60. The average Bonchev–Trinajstić information content (AvgIpc) is 2.24. The largest absolute Gasteiger partial charge is 0.313 e. The maximum absolute atomic E-state index is 5.77. The van der Waals surface area contributed by atoms with E-state index in [4.69, 9.17) is 11.6 Å². The van der Waals surface area contributed by atoms with Gasteiger partial charge in [0.25, 0.3) is 0 Å². The van der Waals surface area contributed by atoms with Gasteiger partial charge in [0.05, 0.1) is 0 Å². The zero-order valence-electron chi connectivity index (χ0n) is 10.3. The van der Waals surface area contributed by atoms with E-state index in [1.807, 2.05) is 0 Å². The van der Waals surface area contributed by atoms with Crippen LogP contribution in [0.5, 0.6) is 0 Å². The molecule has 1 unspecified atom stereocenters. The van der Waals surface area contributed by atoms with Crippen molar-refractivity contribution in [3.63, 3.8) is 0 Å². The van der Waals surface area contributed by atoms with Crippen molar-refractivity contribution >= 4 is 11.6 Å². The molecule has 0 radical (unpaired) electrons. The summed E-state index contributed by atoms with van der Waals surface area (Å²) in [6.45, 7) is 3.37. The average molecular weight is 242 g/mol. The predicted octanol–water partition coefficient (Wildman–Crippen LogP) is 3.28. The molecular weight excluding hydrogens is 218 g/mol. The zero-order valence-corrected chi connectivity index (χ0v) is 11.0. The fourth-order valence-corrected chi connectivity index (χ4v) is 5.31. The van der Waals surface area contributed by atoms with Crippen LogP contribution < -0.4 is 5.32 Å². The van der Waals surface area contributed by atoms with Crippen molar-refractivity contribution in [3.8, 4) is 0 Å². The highest BCUT2D eigenvalue weighted by molar-refractivity contribution is 6.18. The summed E-state index contributed by atoms with van der Waals surface area (Å²) in [5, 5.41) is 3.63. The van der Waals surface area contributed by atoms with Crippen LogP contribution >= 0.6 is 11.6 Å². The first-order valence-electron chi connectivity index (χ1n) is 7.07. The lowest BCUT2D eigenvalue weighted by Gasteiger charge is -2.56. The van der Waals surface area contributed by atoms with Gasteiger partial charge in [-0.1, -0.05) is 0 Å². The van der Waals surface area contributed by atoms with Gasteiger partial charge in [-0.05, 0) is 68.6 Å². The Hall–Kier alpha value is 0.250. The Morgan fingerprint density at radius 1 is 1.06 bits per heavy atom. The second kappa shape index (κ2) is 4.49. The quantitative estimate of drug-likeness (QED) is 0.745. The van der Waals surface area contributed by atoms with E-state index in [2.05, 4.69) is 12.2 Å². The normalized spacial score (nSPS) is 47.2. The fraction of sp³-hybridized carbons (Fsp3) is 1.00. The van der Waals surface area contributed by atoms with E-state index in [1.54, 1.807) is 6.42 Å². The fourth-order valence-electron chi connectivity index (χ4n) is 5.20. The molecule has 0 aromatic carbocycles. The molecule has 0 amide bonds. The van der Waals surface area contributed by atoms with E-state index in [0.29, 0.717) is 6.04 Å². The summed E-state index contributed by atoms with van der Waals surface area (Å²) < 4.78 is 0. The van der Waals surface area contributed by atoms with Crippen molar-refractivity contribution in [2.24, 2.45) is 29.6 Å². The van der Waals surface area contributed by atoms with Gasteiger partial charge in [0, 0.05) is 18.5 Å². The lowest BCUT2D eigenvalue weighted by molar-refractivity contribution is -0.0489. The molecule has 4 bridgehead atoms. The van der Waals surface area contributed by atoms with Crippen LogP contribution in [0.1, 0.15) is 39.0 Å². The molecule has 0 aromatic rings. The van der Waals surface area contributed by atoms with E-state index < -0.39 is 0 Å². The Bertz CT molecular complexity index is 225. The third kappa shape index (κ3) is 1.90. The van der Waals surface area contributed by atoms with Gasteiger partial charge >= 0.3 is 0 Å². The van der Waals surface area contributed by atoms with Crippen molar-refractivity contribution in [1.82, 2.24) is 5.32 Å². The second-order valence-corrected chi connectivity index (χ2v) is 6.82. The molecule has 1 atom stereocenters. The van der Waals surface area contributed by atoms with Gasteiger partial charge in [-0.25, -0.2) is 0 Å². The lowest BCUT2D eigenvalue weighted by atomic mass is 9.50. The summed E-state index contributed by atoms with van der Waals surface area (Å²) in [7, 11) is 0. The van der Waals surface area contributed by atoms with Gasteiger partial charge in [-0.3, -0.25) is 0 Å². The maximum atomic E-state index is 5.77. The molecule has 4 aliphatic rings. The summed E-state index contributed by atoms with van der Waals surface area (Å²) in [4.78, 5) is 0. The molecule has 4 rings (SSSR count). The minimum atomic E-state index is 0.689. The summed E-state index contributed by atoms with van der Waals surface area (Å²) in [5.74, 6) is 5.97. The molecule has 16 heavy (non-hydrogen) atoms. The van der Waals surface area contributed by atoms with Crippen LogP contribution in [0.4, 0.5) is 0 Å². The molecule has 0 aromatic heterocycles. The summed E-state index contributed by atoms with van der Waals surface area (Å²) >= 11 is 5.77. The first-order chi connectivity index (χ1) is 7.78. The smallest absolute Gasteiger partial charge is 0.0348 e. The van der Waals surface area contributed by atoms with E-state index >= 15 is 0 Å². The van der Waals surface area contributed by atoms with Crippen LogP contribution in [-0.2, 0) is 0 Å².